The minimum absolute atomic E-state index is 0.0389. The third-order valence-corrected chi connectivity index (χ3v) is 2.28. The number of nitrogens with two attached hydrogens (primary N) is 1. The zero-order chi connectivity index (χ0) is 10.9. The monoisotopic (exact) mass is 269 g/mol. The largest absolute Gasteiger partial charge is 0.495 e. The first-order valence-corrected chi connectivity index (χ1v) is 4.35. The van der Waals surface area contributed by atoms with Gasteiger partial charge in [0.05, 0.1) is 18.4 Å². The molecule has 0 aliphatic carbocycles. The molecule has 1 aromatic carbocycles. The molecular formula is C8H7BrF3NO. The van der Waals surface area contributed by atoms with Crippen LogP contribution in [0.3, 0.4) is 0 Å². The number of benzene rings is 1. The van der Waals surface area contributed by atoms with E-state index in [9.17, 15) is 13.2 Å². The highest BCUT2D eigenvalue weighted by atomic mass is 79.9. The fraction of sp³-hybridized carbons (Fsp3) is 0.250. The average molecular weight is 270 g/mol. The van der Waals surface area contributed by atoms with Crippen LogP contribution in [-0.2, 0) is 6.18 Å². The summed E-state index contributed by atoms with van der Waals surface area (Å²) in [4.78, 5) is 0. The second-order valence-corrected chi connectivity index (χ2v) is 3.43. The Morgan fingerprint density at radius 2 is 1.93 bits per heavy atom. The maximum absolute atomic E-state index is 12.3. The minimum Gasteiger partial charge on any atom is -0.495 e. The van der Waals surface area contributed by atoms with Gasteiger partial charge in [-0.25, -0.2) is 0 Å². The predicted molar refractivity (Wildman–Crippen MR) is 50.1 cm³/mol. The molecule has 0 amide bonds. The third kappa shape index (κ3) is 2.12. The highest BCUT2D eigenvalue weighted by Gasteiger charge is 2.33. The van der Waals surface area contributed by atoms with Crippen molar-refractivity contribution in [3.63, 3.8) is 0 Å². The van der Waals surface area contributed by atoms with Crippen LogP contribution in [0.1, 0.15) is 5.56 Å². The fourth-order valence-electron chi connectivity index (χ4n) is 0.966. The number of halogens is 4. The van der Waals surface area contributed by atoms with Crippen molar-refractivity contribution in [1.82, 2.24) is 0 Å². The molecule has 0 atom stereocenters. The van der Waals surface area contributed by atoms with Crippen molar-refractivity contribution in [3.05, 3.63) is 22.2 Å². The molecule has 0 aliphatic rings. The summed E-state index contributed by atoms with van der Waals surface area (Å²) in [5.41, 5.74) is 4.50. The Morgan fingerprint density at radius 3 is 2.36 bits per heavy atom. The molecule has 0 heterocycles. The number of nitrogen functional groups attached to an aromatic ring is 1. The van der Waals surface area contributed by atoms with E-state index in [0.29, 0.717) is 0 Å². The van der Waals surface area contributed by atoms with Gasteiger partial charge in [0.2, 0.25) is 0 Å². The van der Waals surface area contributed by atoms with Crippen LogP contribution in [0.15, 0.2) is 16.6 Å². The van der Waals surface area contributed by atoms with E-state index in [4.69, 9.17) is 10.5 Å². The van der Waals surface area contributed by atoms with Crippen molar-refractivity contribution in [2.24, 2.45) is 0 Å². The standard InChI is InChI=1S/C8H7BrF3NO/c1-14-7-3-5(9)4(2-6(7)13)8(10,11)12/h2-3H,13H2,1H3. The maximum Gasteiger partial charge on any atom is 0.417 e. The fourth-order valence-corrected chi connectivity index (χ4v) is 1.51. The molecule has 6 heteroatoms. The molecule has 0 bridgehead atoms. The molecule has 0 unspecified atom stereocenters. The van der Waals surface area contributed by atoms with Gasteiger partial charge in [-0.2, -0.15) is 13.2 Å². The van der Waals surface area contributed by atoms with Crippen LogP contribution in [0.25, 0.3) is 0 Å². The molecule has 2 N–H and O–H groups in total. The topological polar surface area (TPSA) is 35.2 Å². The van der Waals surface area contributed by atoms with E-state index in [0.717, 1.165) is 6.07 Å². The maximum atomic E-state index is 12.3. The first kappa shape index (κ1) is 11.2. The van der Waals surface area contributed by atoms with Crippen molar-refractivity contribution in [2.45, 2.75) is 6.18 Å². The zero-order valence-electron chi connectivity index (χ0n) is 7.15. The number of anilines is 1. The van der Waals surface area contributed by atoms with Gasteiger partial charge >= 0.3 is 6.18 Å². The zero-order valence-corrected chi connectivity index (χ0v) is 8.74. The molecule has 0 aliphatic heterocycles. The number of alkyl halides is 3. The highest BCUT2D eigenvalue weighted by Crippen LogP contribution is 2.39. The first-order chi connectivity index (χ1) is 6.36. The van der Waals surface area contributed by atoms with E-state index >= 15 is 0 Å². The molecule has 0 saturated carbocycles. The number of hydrogen-bond acceptors (Lipinski definition) is 2. The summed E-state index contributed by atoms with van der Waals surface area (Å²) >= 11 is 2.80. The second-order valence-electron chi connectivity index (χ2n) is 2.57. The lowest BCUT2D eigenvalue weighted by molar-refractivity contribution is -0.138. The number of rotatable bonds is 1. The Bertz CT molecular complexity index is 351. The lowest BCUT2D eigenvalue weighted by Gasteiger charge is -2.12. The van der Waals surface area contributed by atoms with E-state index < -0.39 is 11.7 Å². The van der Waals surface area contributed by atoms with Crippen LogP contribution in [0.5, 0.6) is 5.75 Å². The Hall–Kier alpha value is -0.910. The summed E-state index contributed by atoms with van der Waals surface area (Å²) in [6, 6.07) is 2.03. The quantitative estimate of drug-likeness (QED) is 0.796. The van der Waals surface area contributed by atoms with Gasteiger partial charge < -0.3 is 10.5 Å². The Morgan fingerprint density at radius 1 is 1.36 bits per heavy atom. The van der Waals surface area contributed by atoms with Crippen molar-refractivity contribution in [1.29, 1.82) is 0 Å². The molecule has 78 valence electrons. The van der Waals surface area contributed by atoms with E-state index in [1.807, 2.05) is 0 Å². The molecule has 2 nitrogen and oxygen atoms in total. The van der Waals surface area contributed by atoms with Gasteiger partial charge in [-0.05, 0) is 12.1 Å². The Balaban J connectivity index is 3.29. The number of methoxy groups -OCH3 is 1. The second kappa shape index (κ2) is 3.68. The summed E-state index contributed by atoms with van der Waals surface area (Å²) < 4.78 is 41.7. The van der Waals surface area contributed by atoms with Gasteiger partial charge in [0.1, 0.15) is 5.75 Å². The van der Waals surface area contributed by atoms with Gasteiger partial charge in [0, 0.05) is 4.47 Å². The van der Waals surface area contributed by atoms with Crippen molar-refractivity contribution in [3.8, 4) is 5.75 Å². The molecular weight excluding hydrogens is 263 g/mol. The van der Waals surface area contributed by atoms with Crippen LogP contribution >= 0.6 is 15.9 Å². The van der Waals surface area contributed by atoms with Crippen LogP contribution in [0.2, 0.25) is 0 Å². The van der Waals surface area contributed by atoms with Crippen molar-refractivity contribution >= 4 is 21.6 Å². The molecule has 0 aromatic heterocycles. The molecule has 1 rings (SSSR count). The third-order valence-electron chi connectivity index (χ3n) is 1.62. The van der Waals surface area contributed by atoms with Crippen LogP contribution in [0.4, 0.5) is 18.9 Å². The van der Waals surface area contributed by atoms with Crippen LogP contribution in [0, 0.1) is 0 Å². The summed E-state index contributed by atoms with van der Waals surface area (Å²) in [6.07, 6.45) is -4.42. The lowest BCUT2D eigenvalue weighted by Crippen LogP contribution is -2.07. The average Bonchev–Trinajstić information content (AvgIpc) is 2.06. The van der Waals surface area contributed by atoms with Gasteiger partial charge in [0.25, 0.3) is 0 Å². The molecule has 14 heavy (non-hydrogen) atoms. The Labute approximate surface area is 87.0 Å². The number of hydrogen-bond donors (Lipinski definition) is 1. The molecule has 1 aromatic rings. The lowest BCUT2D eigenvalue weighted by atomic mass is 10.2. The Kier molecular flexibility index (Phi) is 2.94. The molecule has 0 saturated heterocycles. The SMILES string of the molecule is COc1cc(Br)c(C(F)(F)F)cc1N. The predicted octanol–water partition coefficient (Wildman–Crippen LogP) is 3.06. The summed E-state index contributed by atoms with van der Waals surface area (Å²) in [6.45, 7) is 0. The van der Waals surface area contributed by atoms with E-state index in [2.05, 4.69) is 15.9 Å². The van der Waals surface area contributed by atoms with Crippen molar-refractivity contribution in [2.75, 3.05) is 12.8 Å². The van der Waals surface area contributed by atoms with E-state index in [1.165, 1.54) is 13.2 Å². The first-order valence-electron chi connectivity index (χ1n) is 3.56. The van der Waals surface area contributed by atoms with Gasteiger partial charge in [-0.15, -0.1) is 0 Å². The molecule has 0 fully saturated rings. The molecule has 0 spiro atoms. The van der Waals surface area contributed by atoms with E-state index in [-0.39, 0.29) is 15.9 Å². The van der Waals surface area contributed by atoms with Gasteiger partial charge in [-0.3, -0.25) is 0 Å². The normalized spacial score (nSPS) is 11.5. The van der Waals surface area contributed by atoms with Gasteiger partial charge in [0.15, 0.2) is 0 Å². The van der Waals surface area contributed by atoms with Crippen molar-refractivity contribution < 1.29 is 17.9 Å². The summed E-state index contributed by atoms with van der Waals surface area (Å²) in [5, 5.41) is 0. The number of ether oxygens (including phenoxy) is 1. The van der Waals surface area contributed by atoms with Gasteiger partial charge in [-0.1, -0.05) is 15.9 Å². The summed E-state index contributed by atoms with van der Waals surface area (Å²) in [5.74, 6) is 0.213. The summed E-state index contributed by atoms with van der Waals surface area (Å²) in [7, 11) is 1.34. The smallest absolute Gasteiger partial charge is 0.417 e. The van der Waals surface area contributed by atoms with Crippen LogP contribution in [-0.4, -0.2) is 7.11 Å². The highest BCUT2D eigenvalue weighted by molar-refractivity contribution is 9.10. The molecule has 0 radical (unpaired) electrons. The minimum atomic E-state index is -4.42. The van der Waals surface area contributed by atoms with Crippen LogP contribution < -0.4 is 10.5 Å². The van der Waals surface area contributed by atoms with E-state index in [1.54, 1.807) is 0 Å².